The lowest BCUT2D eigenvalue weighted by molar-refractivity contribution is 0.0640. The third-order valence-electron chi connectivity index (χ3n) is 4.98. The van der Waals surface area contributed by atoms with Gasteiger partial charge in [-0.3, -0.25) is 4.79 Å². The summed E-state index contributed by atoms with van der Waals surface area (Å²) >= 11 is 0. The summed E-state index contributed by atoms with van der Waals surface area (Å²) in [7, 11) is 0. The number of amides is 1. The van der Waals surface area contributed by atoms with Crippen LogP contribution in [0.2, 0.25) is 0 Å². The van der Waals surface area contributed by atoms with Gasteiger partial charge in [-0.1, -0.05) is 18.2 Å². The summed E-state index contributed by atoms with van der Waals surface area (Å²) in [6, 6.07) is 7.95. The van der Waals surface area contributed by atoms with Crippen molar-refractivity contribution in [3.05, 3.63) is 47.2 Å². The van der Waals surface area contributed by atoms with Gasteiger partial charge in [0.2, 0.25) is 0 Å². The maximum atomic E-state index is 13.0. The lowest BCUT2D eigenvalue weighted by Gasteiger charge is -2.32. The molecular formula is C19H22N4O2. The fraction of sp³-hybridized carbons (Fsp3) is 0.421. The number of furan rings is 1. The van der Waals surface area contributed by atoms with Gasteiger partial charge in [-0.2, -0.15) is 5.10 Å². The second-order valence-electron chi connectivity index (χ2n) is 6.75. The Labute approximate surface area is 146 Å². The Balaban J connectivity index is 1.61. The van der Waals surface area contributed by atoms with Crippen molar-refractivity contribution in [2.45, 2.75) is 39.7 Å². The maximum absolute atomic E-state index is 13.0. The highest BCUT2D eigenvalue weighted by Crippen LogP contribution is 2.28. The molecule has 6 nitrogen and oxygen atoms in total. The van der Waals surface area contributed by atoms with E-state index in [0.29, 0.717) is 12.3 Å². The number of hydrogen-bond donors (Lipinski definition) is 0. The molecule has 1 saturated heterocycles. The van der Waals surface area contributed by atoms with Gasteiger partial charge in [-0.15, -0.1) is 0 Å². The van der Waals surface area contributed by atoms with Gasteiger partial charge in [-0.05, 0) is 39.7 Å². The molecule has 1 unspecified atom stereocenters. The van der Waals surface area contributed by atoms with Crippen LogP contribution in [0, 0.1) is 20.8 Å². The molecule has 2 aromatic heterocycles. The van der Waals surface area contributed by atoms with Crippen LogP contribution in [0.3, 0.4) is 0 Å². The van der Waals surface area contributed by atoms with Crippen LogP contribution in [0.15, 0.2) is 28.7 Å². The largest absolute Gasteiger partial charge is 0.451 e. The lowest BCUT2D eigenvalue weighted by atomic mass is 10.0. The summed E-state index contributed by atoms with van der Waals surface area (Å²) in [5, 5.41) is 5.50. The number of aromatic nitrogens is 3. The number of likely N-dealkylation sites (tertiary alicyclic amines) is 1. The van der Waals surface area contributed by atoms with Crippen molar-refractivity contribution >= 4 is 16.9 Å². The van der Waals surface area contributed by atoms with Crippen molar-refractivity contribution in [3.63, 3.8) is 0 Å². The molecule has 6 heteroatoms. The minimum atomic E-state index is -0.0344. The van der Waals surface area contributed by atoms with Crippen LogP contribution in [0.25, 0.3) is 11.0 Å². The summed E-state index contributed by atoms with van der Waals surface area (Å²) in [6.45, 7) is 7.19. The second kappa shape index (κ2) is 6.02. The van der Waals surface area contributed by atoms with E-state index in [2.05, 4.69) is 10.1 Å². The molecule has 25 heavy (non-hydrogen) atoms. The van der Waals surface area contributed by atoms with Crippen molar-refractivity contribution in [2.24, 2.45) is 0 Å². The number of carbonyl (C=O) groups excluding carboxylic acids is 1. The molecule has 1 fully saturated rings. The molecule has 1 amide bonds. The average molecular weight is 338 g/mol. The number of para-hydroxylation sites is 1. The molecule has 0 N–H and O–H groups in total. The summed E-state index contributed by atoms with van der Waals surface area (Å²) in [6.07, 6.45) is 1.96. The van der Waals surface area contributed by atoms with Crippen LogP contribution < -0.4 is 0 Å². The van der Waals surface area contributed by atoms with Crippen molar-refractivity contribution < 1.29 is 9.21 Å². The van der Waals surface area contributed by atoms with Crippen molar-refractivity contribution in [2.75, 3.05) is 13.1 Å². The predicted octanol–water partition coefficient (Wildman–Crippen LogP) is 3.43. The van der Waals surface area contributed by atoms with E-state index >= 15 is 0 Å². The van der Waals surface area contributed by atoms with Gasteiger partial charge in [0.15, 0.2) is 5.76 Å². The zero-order valence-electron chi connectivity index (χ0n) is 14.8. The Hall–Kier alpha value is -2.63. The average Bonchev–Trinajstić information content (AvgIpc) is 3.14. The van der Waals surface area contributed by atoms with E-state index in [4.69, 9.17) is 4.42 Å². The van der Waals surface area contributed by atoms with E-state index in [1.54, 1.807) is 0 Å². The number of piperidine rings is 1. The molecule has 4 rings (SSSR count). The molecule has 0 spiro atoms. The first-order valence-electron chi connectivity index (χ1n) is 8.71. The summed E-state index contributed by atoms with van der Waals surface area (Å²) in [4.78, 5) is 19.3. The second-order valence-corrected chi connectivity index (χ2v) is 6.75. The molecule has 0 radical (unpaired) electrons. The van der Waals surface area contributed by atoms with Crippen LogP contribution in [-0.4, -0.2) is 38.7 Å². The van der Waals surface area contributed by atoms with Gasteiger partial charge in [0.05, 0.1) is 6.04 Å². The molecule has 130 valence electrons. The van der Waals surface area contributed by atoms with Crippen molar-refractivity contribution in [1.29, 1.82) is 0 Å². The topological polar surface area (TPSA) is 64.2 Å². The molecule has 1 aliphatic heterocycles. The van der Waals surface area contributed by atoms with Gasteiger partial charge in [0.25, 0.3) is 5.91 Å². The molecule has 1 atom stereocenters. The highest BCUT2D eigenvalue weighted by Gasteiger charge is 2.30. The van der Waals surface area contributed by atoms with Gasteiger partial charge >= 0.3 is 0 Å². The van der Waals surface area contributed by atoms with Crippen molar-refractivity contribution in [3.8, 4) is 0 Å². The van der Waals surface area contributed by atoms with Crippen LogP contribution in [-0.2, 0) is 0 Å². The predicted molar refractivity (Wildman–Crippen MR) is 94.6 cm³/mol. The van der Waals surface area contributed by atoms with Crippen LogP contribution in [0.4, 0.5) is 0 Å². The van der Waals surface area contributed by atoms with E-state index < -0.39 is 0 Å². The number of carbonyl (C=O) groups is 1. The zero-order chi connectivity index (χ0) is 17.6. The summed E-state index contributed by atoms with van der Waals surface area (Å²) < 4.78 is 7.82. The normalized spacial score (nSPS) is 18.0. The minimum absolute atomic E-state index is 0.0344. The first-order chi connectivity index (χ1) is 12.0. The van der Waals surface area contributed by atoms with Crippen molar-refractivity contribution in [1.82, 2.24) is 19.7 Å². The SMILES string of the molecule is Cc1nc(C)n(C2CCCN(C(=O)c3oc4ccccc4c3C)C2)n1. The monoisotopic (exact) mass is 338 g/mol. The summed E-state index contributed by atoms with van der Waals surface area (Å²) in [5.74, 6) is 2.09. The molecular weight excluding hydrogens is 316 g/mol. The Kier molecular flexibility index (Phi) is 3.82. The first kappa shape index (κ1) is 15.9. The van der Waals surface area contributed by atoms with Gasteiger partial charge < -0.3 is 9.32 Å². The highest BCUT2D eigenvalue weighted by molar-refractivity contribution is 5.98. The minimum Gasteiger partial charge on any atom is -0.451 e. The molecule has 1 aromatic carbocycles. The van der Waals surface area contributed by atoms with Crippen LogP contribution in [0.1, 0.15) is 46.7 Å². The smallest absolute Gasteiger partial charge is 0.289 e. The standard InChI is InChI=1S/C19H22N4O2/c1-12-16-8-4-5-9-17(16)25-18(12)19(24)22-10-6-7-15(11-22)23-14(3)20-13(2)21-23/h4-5,8-9,15H,6-7,10-11H2,1-3H3. The fourth-order valence-corrected chi connectivity index (χ4v) is 3.74. The number of aryl methyl sites for hydroxylation is 3. The Morgan fingerprint density at radius 2 is 2.04 bits per heavy atom. The number of rotatable bonds is 2. The van der Waals surface area contributed by atoms with E-state index in [9.17, 15) is 4.79 Å². The van der Waals surface area contributed by atoms with Gasteiger partial charge in [0.1, 0.15) is 17.2 Å². The fourth-order valence-electron chi connectivity index (χ4n) is 3.74. The van der Waals surface area contributed by atoms with Crippen LogP contribution >= 0.6 is 0 Å². The van der Waals surface area contributed by atoms with E-state index in [1.165, 1.54) is 0 Å². The zero-order valence-corrected chi connectivity index (χ0v) is 14.8. The number of benzene rings is 1. The molecule has 0 bridgehead atoms. The van der Waals surface area contributed by atoms with E-state index in [1.807, 2.05) is 54.6 Å². The quantitative estimate of drug-likeness (QED) is 0.718. The highest BCUT2D eigenvalue weighted by atomic mass is 16.3. The lowest BCUT2D eigenvalue weighted by Crippen LogP contribution is -2.41. The Bertz CT molecular complexity index is 940. The van der Waals surface area contributed by atoms with Crippen LogP contribution in [0.5, 0.6) is 0 Å². The molecule has 3 aromatic rings. The third kappa shape index (κ3) is 2.71. The number of fused-ring (bicyclic) bond motifs is 1. The third-order valence-corrected chi connectivity index (χ3v) is 4.98. The Morgan fingerprint density at radius 3 is 2.76 bits per heavy atom. The molecule has 0 aliphatic carbocycles. The first-order valence-corrected chi connectivity index (χ1v) is 8.71. The van der Waals surface area contributed by atoms with E-state index in [0.717, 1.165) is 47.6 Å². The molecule has 0 saturated carbocycles. The number of hydrogen-bond acceptors (Lipinski definition) is 4. The Morgan fingerprint density at radius 1 is 1.24 bits per heavy atom. The van der Waals surface area contributed by atoms with Gasteiger partial charge in [0, 0.05) is 24.0 Å². The summed E-state index contributed by atoms with van der Waals surface area (Å²) in [5.41, 5.74) is 1.68. The molecule has 3 heterocycles. The van der Waals surface area contributed by atoms with E-state index in [-0.39, 0.29) is 11.9 Å². The number of nitrogens with zero attached hydrogens (tertiary/aromatic N) is 4. The molecule has 1 aliphatic rings. The van der Waals surface area contributed by atoms with Gasteiger partial charge in [-0.25, -0.2) is 9.67 Å². The maximum Gasteiger partial charge on any atom is 0.289 e.